The molecular weight excluding hydrogens is 260 g/mol. The smallest absolute Gasteiger partial charge is 0.118 e. The molecule has 0 fully saturated rings. The van der Waals surface area contributed by atoms with Crippen LogP contribution in [0.4, 0.5) is 0 Å². The van der Waals surface area contributed by atoms with Gasteiger partial charge in [0, 0.05) is 14.7 Å². The molecule has 1 nitrogen and oxygen atoms in total. The van der Waals surface area contributed by atoms with Crippen LogP contribution in [0.5, 0.6) is 5.75 Å². The molecule has 0 radical (unpaired) electrons. The summed E-state index contributed by atoms with van der Waals surface area (Å²) in [6.45, 7) is 0. The van der Waals surface area contributed by atoms with Crippen molar-refractivity contribution in [3.05, 3.63) is 40.2 Å². The van der Waals surface area contributed by atoms with Gasteiger partial charge < -0.3 is 4.74 Å². The summed E-state index contributed by atoms with van der Waals surface area (Å²) < 4.78 is 6.24. The van der Waals surface area contributed by atoms with E-state index in [-0.39, 0.29) is 0 Å². The van der Waals surface area contributed by atoms with Crippen LogP contribution in [-0.2, 0) is 0 Å². The Morgan fingerprint density at radius 2 is 1.93 bits per heavy atom. The number of thiophene rings is 1. The number of halogens is 1. The molecule has 0 aliphatic rings. The molecule has 1 aromatic heterocycles. The Bertz CT molecular complexity index is 419. The normalized spacial score (nSPS) is 10.1. The zero-order valence-electron chi connectivity index (χ0n) is 7.66. The Morgan fingerprint density at radius 3 is 2.43 bits per heavy atom. The topological polar surface area (TPSA) is 9.23 Å². The van der Waals surface area contributed by atoms with Crippen molar-refractivity contribution >= 4 is 27.3 Å². The highest BCUT2D eigenvalue weighted by molar-refractivity contribution is 9.10. The molecular formula is C11H9BrOS. The van der Waals surface area contributed by atoms with E-state index in [0.29, 0.717) is 0 Å². The molecule has 72 valence electrons. The SMILES string of the molecule is COc1ccc(-c2cc(Br)cs2)cc1. The molecule has 0 unspecified atom stereocenters. The van der Waals surface area contributed by atoms with E-state index in [1.807, 2.05) is 12.1 Å². The van der Waals surface area contributed by atoms with Gasteiger partial charge in [0.2, 0.25) is 0 Å². The molecule has 0 amide bonds. The summed E-state index contributed by atoms with van der Waals surface area (Å²) >= 11 is 5.17. The Kier molecular flexibility index (Phi) is 2.89. The van der Waals surface area contributed by atoms with Gasteiger partial charge in [0.1, 0.15) is 5.75 Å². The number of methoxy groups -OCH3 is 1. The average Bonchev–Trinajstić information content (AvgIpc) is 2.65. The van der Waals surface area contributed by atoms with Crippen molar-refractivity contribution in [2.24, 2.45) is 0 Å². The van der Waals surface area contributed by atoms with Crippen molar-refractivity contribution in [1.82, 2.24) is 0 Å². The van der Waals surface area contributed by atoms with Crippen LogP contribution in [-0.4, -0.2) is 7.11 Å². The summed E-state index contributed by atoms with van der Waals surface area (Å²) in [6, 6.07) is 10.2. The minimum absolute atomic E-state index is 0.893. The van der Waals surface area contributed by atoms with E-state index in [1.54, 1.807) is 18.4 Å². The zero-order chi connectivity index (χ0) is 9.97. The maximum Gasteiger partial charge on any atom is 0.118 e. The van der Waals surface area contributed by atoms with Crippen molar-refractivity contribution in [2.75, 3.05) is 7.11 Å². The molecule has 0 saturated heterocycles. The standard InChI is InChI=1S/C11H9BrOS/c1-13-10-4-2-8(3-5-10)11-6-9(12)7-14-11/h2-7H,1H3. The fourth-order valence-electron chi connectivity index (χ4n) is 1.22. The lowest BCUT2D eigenvalue weighted by Crippen LogP contribution is -1.81. The van der Waals surface area contributed by atoms with Crippen LogP contribution < -0.4 is 4.74 Å². The van der Waals surface area contributed by atoms with Crippen LogP contribution in [0, 0.1) is 0 Å². The van der Waals surface area contributed by atoms with E-state index in [9.17, 15) is 0 Å². The monoisotopic (exact) mass is 268 g/mol. The van der Waals surface area contributed by atoms with Crippen molar-refractivity contribution < 1.29 is 4.74 Å². The molecule has 1 heterocycles. The van der Waals surface area contributed by atoms with Gasteiger partial charge in [-0.3, -0.25) is 0 Å². The number of hydrogen-bond donors (Lipinski definition) is 0. The second-order valence-corrected chi connectivity index (χ2v) is 4.68. The fraction of sp³-hybridized carbons (Fsp3) is 0.0909. The molecule has 0 spiro atoms. The Balaban J connectivity index is 2.33. The van der Waals surface area contributed by atoms with E-state index >= 15 is 0 Å². The molecule has 2 aromatic rings. The quantitative estimate of drug-likeness (QED) is 0.794. The molecule has 0 bridgehead atoms. The third-order valence-corrected chi connectivity index (χ3v) is 3.68. The Hall–Kier alpha value is -0.800. The van der Waals surface area contributed by atoms with E-state index in [2.05, 4.69) is 39.5 Å². The highest BCUT2D eigenvalue weighted by Gasteiger charge is 2.00. The van der Waals surface area contributed by atoms with Gasteiger partial charge in [0.25, 0.3) is 0 Å². The molecule has 2 rings (SSSR count). The Labute approximate surface area is 95.5 Å². The summed E-state index contributed by atoms with van der Waals surface area (Å²) in [5.41, 5.74) is 1.22. The van der Waals surface area contributed by atoms with Crippen molar-refractivity contribution in [3.63, 3.8) is 0 Å². The van der Waals surface area contributed by atoms with Crippen molar-refractivity contribution in [2.45, 2.75) is 0 Å². The maximum atomic E-state index is 5.10. The van der Waals surface area contributed by atoms with Crippen LogP contribution >= 0.6 is 27.3 Å². The first kappa shape index (κ1) is 9.74. The van der Waals surface area contributed by atoms with Crippen LogP contribution in [0.1, 0.15) is 0 Å². The number of rotatable bonds is 2. The van der Waals surface area contributed by atoms with E-state index in [1.165, 1.54) is 10.4 Å². The Morgan fingerprint density at radius 1 is 1.21 bits per heavy atom. The summed E-state index contributed by atoms with van der Waals surface area (Å²) in [4.78, 5) is 1.26. The van der Waals surface area contributed by atoms with Gasteiger partial charge in [-0.05, 0) is 51.8 Å². The number of ether oxygens (including phenoxy) is 1. The summed E-state index contributed by atoms with van der Waals surface area (Å²) in [6.07, 6.45) is 0. The second kappa shape index (κ2) is 4.15. The van der Waals surface area contributed by atoms with E-state index in [0.717, 1.165) is 10.2 Å². The first-order valence-electron chi connectivity index (χ1n) is 4.18. The van der Waals surface area contributed by atoms with Crippen LogP contribution in [0.3, 0.4) is 0 Å². The lowest BCUT2D eigenvalue weighted by Gasteiger charge is -2.00. The third-order valence-electron chi connectivity index (χ3n) is 1.94. The third kappa shape index (κ3) is 1.99. The first-order valence-corrected chi connectivity index (χ1v) is 5.85. The van der Waals surface area contributed by atoms with Gasteiger partial charge >= 0.3 is 0 Å². The first-order chi connectivity index (χ1) is 6.79. The van der Waals surface area contributed by atoms with Crippen molar-refractivity contribution in [3.8, 4) is 16.2 Å². The molecule has 0 N–H and O–H groups in total. The summed E-state index contributed by atoms with van der Waals surface area (Å²) in [7, 11) is 1.68. The predicted octanol–water partition coefficient (Wildman–Crippen LogP) is 4.19. The molecule has 0 atom stereocenters. The van der Waals surface area contributed by atoms with Crippen LogP contribution in [0.15, 0.2) is 40.2 Å². The highest BCUT2D eigenvalue weighted by atomic mass is 79.9. The number of hydrogen-bond acceptors (Lipinski definition) is 2. The molecule has 0 aliphatic carbocycles. The minimum Gasteiger partial charge on any atom is -0.497 e. The largest absolute Gasteiger partial charge is 0.497 e. The maximum absolute atomic E-state index is 5.10. The van der Waals surface area contributed by atoms with Crippen molar-refractivity contribution in [1.29, 1.82) is 0 Å². The predicted molar refractivity (Wildman–Crippen MR) is 64.0 cm³/mol. The van der Waals surface area contributed by atoms with Gasteiger partial charge in [0.05, 0.1) is 7.11 Å². The highest BCUT2D eigenvalue weighted by Crippen LogP contribution is 2.30. The number of benzene rings is 1. The van der Waals surface area contributed by atoms with Crippen LogP contribution in [0.2, 0.25) is 0 Å². The van der Waals surface area contributed by atoms with E-state index < -0.39 is 0 Å². The minimum atomic E-state index is 0.893. The van der Waals surface area contributed by atoms with Gasteiger partial charge in [-0.25, -0.2) is 0 Å². The second-order valence-electron chi connectivity index (χ2n) is 2.86. The van der Waals surface area contributed by atoms with Crippen LogP contribution in [0.25, 0.3) is 10.4 Å². The van der Waals surface area contributed by atoms with Gasteiger partial charge in [0.15, 0.2) is 0 Å². The van der Waals surface area contributed by atoms with Gasteiger partial charge in [-0.1, -0.05) is 0 Å². The van der Waals surface area contributed by atoms with Gasteiger partial charge in [-0.2, -0.15) is 0 Å². The fourth-order valence-corrected chi connectivity index (χ4v) is 2.66. The molecule has 1 aromatic carbocycles. The summed E-state index contributed by atoms with van der Waals surface area (Å²) in [5.74, 6) is 0.893. The lowest BCUT2D eigenvalue weighted by atomic mass is 10.2. The summed E-state index contributed by atoms with van der Waals surface area (Å²) in [5, 5.41) is 2.08. The average molecular weight is 269 g/mol. The molecule has 0 saturated carbocycles. The molecule has 3 heteroatoms. The zero-order valence-corrected chi connectivity index (χ0v) is 10.1. The van der Waals surface area contributed by atoms with Gasteiger partial charge in [-0.15, -0.1) is 11.3 Å². The lowest BCUT2D eigenvalue weighted by molar-refractivity contribution is 0.415. The molecule has 0 aliphatic heterocycles. The van der Waals surface area contributed by atoms with E-state index in [4.69, 9.17) is 4.74 Å². The molecule has 14 heavy (non-hydrogen) atoms.